The number of amides is 1. The molecule has 0 saturated heterocycles. The zero-order valence-corrected chi connectivity index (χ0v) is 17.3. The number of alkyl carbamates (subject to hydrolysis) is 1. The molecular weight excluding hydrogens is 384 g/mol. The van der Waals surface area contributed by atoms with Crippen molar-refractivity contribution in [3.63, 3.8) is 0 Å². The SMILES string of the molecule is N#CCc1ccc(C=CCCNC(=O)OCC2c3ccccc3-c3ccccc32)cc1. The molecule has 1 amide bonds. The Kier molecular flexibility index (Phi) is 6.44. The summed E-state index contributed by atoms with van der Waals surface area (Å²) in [6, 6.07) is 26.6. The summed E-state index contributed by atoms with van der Waals surface area (Å²) in [6.07, 6.45) is 4.77. The molecule has 4 rings (SSSR count). The van der Waals surface area contributed by atoms with Crippen LogP contribution >= 0.6 is 0 Å². The number of fused-ring (bicyclic) bond motifs is 3. The van der Waals surface area contributed by atoms with E-state index in [1.165, 1.54) is 22.3 Å². The Hall–Kier alpha value is -3.84. The highest BCUT2D eigenvalue weighted by Gasteiger charge is 2.28. The Labute approximate surface area is 182 Å². The van der Waals surface area contributed by atoms with E-state index in [2.05, 4.69) is 35.7 Å². The van der Waals surface area contributed by atoms with Gasteiger partial charge in [-0.1, -0.05) is 84.9 Å². The number of rotatable bonds is 7. The molecule has 3 aromatic carbocycles. The number of benzene rings is 3. The van der Waals surface area contributed by atoms with Crippen LogP contribution in [0.5, 0.6) is 0 Å². The number of hydrogen-bond acceptors (Lipinski definition) is 3. The average Bonchev–Trinajstić information content (AvgIpc) is 3.12. The van der Waals surface area contributed by atoms with Crippen LogP contribution in [0.2, 0.25) is 0 Å². The quantitative estimate of drug-likeness (QED) is 0.511. The standard InChI is InChI=1S/C27H24N2O2/c28-17-16-21-14-12-20(13-15-21)7-5-6-18-29-27(30)31-19-26-24-10-3-1-8-22(24)23-9-2-4-11-25(23)26/h1-5,7-15,26H,6,16,18-19H2,(H,29,30). The molecular formula is C27H24N2O2. The first-order chi connectivity index (χ1) is 15.3. The van der Waals surface area contributed by atoms with Crippen LogP contribution in [0.3, 0.4) is 0 Å². The van der Waals surface area contributed by atoms with Crippen molar-refractivity contribution in [1.29, 1.82) is 5.26 Å². The highest BCUT2D eigenvalue weighted by Crippen LogP contribution is 2.44. The van der Waals surface area contributed by atoms with Gasteiger partial charge in [0.1, 0.15) is 6.61 Å². The van der Waals surface area contributed by atoms with E-state index in [9.17, 15) is 4.79 Å². The van der Waals surface area contributed by atoms with Gasteiger partial charge in [-0.3, -0.25) is 0 Å². The summed E-state index contributed by atoms with van der Waals surface area (Å²) < 4.78 is 5.54. The summed E-state index contributed by atoms with van der Waals surface area (Å²) >= 11 is 0. The highest BCUT2D eigenvalue weighted by atomic mass is 16.5. The number of nitrogens with zero attached hydrogens (tertiary/aromatic N) is 1. The van der Waals surface area contributed by atoms with E-state index in [0.29, 0.717) is 26.0 Å². The summed E-state index contributed by atoms with van der Waals surface area (Å²) in [5.74, 6) is 0.0713. The second-order valence-corrected chi connectivity index (χ2v) is 7.52. The lowest BCUT2D eigenvalue weighted by molar-refractivity contribution is 0.143. The van der Waals surface area contributed by atoms with Gasteiger partial charge in [0.05, 0.1) is 12.5 Å². The van der Waals surface area contributed by atoms with Crippen molar-refractivity contribution in [3.8, 4) is 17.2 Å². The molecule has 0 aromatic heterocycles. The topological polar surface area (TPSA) is 62.1 Å². The number of nitriles is 1. The normalized spacial score (nSPS) is 12.2. The molecule has 3 aromatic rings. The van der Waals surface area contributed by atoms with Crippen molar-refractivity contribution >= 4 is 12.2 Å². The molecule has 4 heteroatoms. The van der Waals surface area contributed by atoms with Gasteiger partial charge in [0.15, 0.2) is 0 Å². The lowest BCUT2D eigenvalue weighted by atomic mass is 9.98. The molecule has 0 radical (unpaired) electrons. The van der Waals surface area contributed by atoms with Gasteiger partial charge in [0.25, 0.3) is 0 Å². The summed E-state index contributed by atoms with van der Waals surface area (Å²) in [7, 11) is 0. The van der Waals surface area contributed by atoms with Crippen LogP contribution in [0, 0.1) is 11.3 Å². The van der Waals surface area contributed by atoms with Crippen molar-refractivity contribution in [2.45, 2.75) is 18.8 Å². The lowest BCUT2D eigenvalue weighted by Crippen LogP contribution is -2.26. The van der Waals surface area contributed by atoms with Gasteiger partial charge >= 0.3 is 6.09 Å². The molecule has 1 aliphatic carbocycles. The number of ether oxygens (including phenoxy) is 1. The summed E-state index contributed by atoms with van der Waals surface area (Å²) in [5.41, 5.74) is 6.94. The molecule has 154 valence electrons. The maximum Gasteiger partial charge on any atom is 0.407 e. The third kappa shape index (κ3) is 4.84. The fourth-order valence-electron chi connectivity index (χ4n) is 3.96. The summed E-state index contributed by atoms with van der Waals surface area (Å²) in [6.45, 7) is 0.838. The first kappa shape index (κ1) is 20.4. The van der Waals surface area contributed by atoms with Crippen LogP contribution in [0.15, 0.2) is 78.9 Å². The van der Waals surface area contributed by atoms with Gasteiger partial charge in [-0.05, 0) is 39.8 Å². The van der Waals surface area contributed by atoms with Crippen molar-refractivity contribution in [3.05, 3.63) is 101 Å². The average molecular weight is 409 g/mol. The van der Waals surface area contributed by atoms with Crippen LogP contribution in [0.25, 0.3) is 17.2 Å². The van der Waals surface area contributed by atoms with Gasteiger partial charge in [0, 0.05) is 12.5 Å². The van der Waals surface area contributed by atoms with Crippen molar-refractivity contribution in [2.75, 3.05) is 13.2 Å². The molecule has 0 aliphatic heterocycles. The second kappa shape index (κ2) is 9.77. The Bertz CT molecular complexity index is 1080. The Morgan fingerprint density at radius 2 is 1.61 bits per heavy atom. The van der Waals surface area contributed by atoms with E-state index in [1.54, 1.807) is 0 Å². The molecule has 0 saturated carbocycles. The molecule has 31 heavy (non-hydrogen) atoms. The Balaban J connectivity index is 1.24. The molecule has 1 aliphatic rings. The number of hydrogen-bond donors (Lipinski definition) is 1. The van der Waals surface area contributed by atoms with Crippen LogP contribution in [0.4, 0.5) is 4.79 Å². The molecule has 0 heterocycles. The number of nitrogens with one attached hydrogen (secondary N) is 1. The third-order valence-corrected chi connectivity index (χ3v) is 5.50. The van der Waals surface area contributed by atoms with Crippen molar-refractivity contribution in [2.24, 2.45) is 0 Å². The first-order valence-electron chi connectivity index (χ1n) is 10.5. The maximum atomic E-state index is 12.2. The second-order valence-electron chi connectivity index (χ2n) is 7.52. The van der Waals surface area contributed by atoms with Crippen LogP contribution < -0.4 is 5.32 Å². The minimum Gasteiger partial charge on any atom is -0.449 e. The molecule has 0 atom stereocenters. The third-order valence-electron chi connectivity index (χ3n) is 5.50. The highest BCUT2D eigenvalue weighted by molar-refractivity contribution is 5.79. The van der Waals surface area contributed by atoms with Gasteiger partial charge in [0.2, 0.25) is 0 Å². The van der Waals surface area contributed by atoms with E-state index in [-0.39, 0.29) is 5.92 Å². The van der Waals surface area contributed by atoms with Crippen LogP contribution in [-0.2, 0) is 11.2 Å². The number of carbonyl (C=O) groups is 1. The summed E-state index contributed by atoms with van der Waals surface area (Å²) in [4.78, 5) is 12.2. The largest absolute Gasteiger partial charge is 0.449 e. The number of carbonyl (C=O) groups excluding carboxylic acids is 1. The summed E-state index contributed by atoms with van der Waals surface area (Å²) in [5, 5.41) is 11.5. The Morgan fingerprint density at radius 1 is 0.968 bits per heavy atom. The van der Waals surface area contributed by atoms with Crippen LogP contribution in [-0.4, -0.2) is 19.2 Å². The molecule has 0 bridgehead atoms. The van der Waals surface area contributed by atoms with E-state index < -0.39 is 6.09 Å². The van der Waals surface area contributed by atoms with Crippen molar-refractivity contribution < 1.29 is 9.53 Å². The molecule has 4 nitrogen and oxygen atoms in total. The predicted molar refractivity (Wildman–Crippen MR) is 122 cm³/mol. The fourth-order valence-corrected chi connectivity index (χ4v) is 3.96. The van der Waals surface area contributed by atoms with E-state index in [4.69, 9.17) is 10.00 Å². The van der Waals surface area contributed by atoms with Gasteiger partial charge in [-0.25, -0.2) is 4.79 Å². The van der Waals surface area contributed by atoms with E-state index in [1.807, 2.05) is 60.7 Å². The van der Waals surface area contributed by atoms with Gasteiger partial charge in [-0.15, -0.1) is 0 Å². The predicted octanol–water partition coefficient (Wildman–Crippen LogP) is 5.69. The minimum absolute atomic E-state index is 0.0713. The smallest absolute Gasteiger partial charge is 0.407 e. The van der Waals surface area contributed by atoms with E-state index >= 15 is 0 Å². The molecule has 0 fully saturated rings. The molecule has 0 unspecified atom stereocenters. The lowest BCUT2D eigenvalue weighted by Gasteiger charge is -2.14. The zero-order chi connectivity index (χ0) is 21.5. The minimum atomic E-state index is -0.392. The van der Waals surface area contributed by atoms with E-state index in [0.717, 1.165) is 11.1 Å². The Morgan fingerprint density at radius 3 is 2.26 bits per heavy atom. The fraction of sp³-hybridized carbons (Fsp3) is 0.185. The molecule has 1 N–H and O–H groups in total. The maximum absolute atomic E-state index is 12.2. The monoisotopic (exact) mass is 408 g/mol. The molecule has 0 spiro atoms. The van der Waals surface area contributed by atoms with Crippen molar-refractivity contribution in [1.82, 2.24) is 5.32 Å². The van der Waals surface area contributed by atoms with Crippen LogP contribution in [0.1, 0.15) is 34.6 Å². The van der Waals surface area contributed by atoms with Gasteiger partial charge < -0.3 is 10.1 Å². The zero-order valence-electron chi connectivity index (χ0n) is 17.3. The first-order valence-corrected chi connectivity index (χ1v) is 10.5. The van der Waals surface area contributed by atoms with Gasteiger partial charge in [-0.2, -0.15) is 5.26 Å².